The number of halogens is 1. The van der Waals surface area contributed by atoms with Gasteiger partial charge in [0.1, 0.15) is 0 Å². The van der Waals surface area contributed by atoms with Gasteiger partial charge in [-0.3, -0.25) is 4.79 Å². The molecule has 1 rings (SSSR count). The average molecular weight is 333 g/mol. The van der Waals surface area contributed by atoms with Gasteiger partial charge in [-0.25, -0.2) is 13.6 Å². The number of sulfonamides is 1. The van der Waals surface area contributed by atoms with Crippen LogP contribution in [0.2, 0.25) is 5.02 Å². The number of rotatable bonds is 5. The van der Waals surface area contributed by atoms with E-state index in [0.717, 1.165) is 0 Å². The minimum atomic E-state index is -3.87. The fraction of sp³-hybridized carbons (Fsp3) is 0.500. The molecule has 1 aromatic rings. The SMILES string of the molecule is CC(C)C(C)(C)CNC(=O)c1cc(S(N)(=O)=O)ccc1Cl. The van der Waals surface area contributed by atoms with E-state index in [1.807, 2.05) is 13.8 Å². The van der Waals surface area contributed by atoms with Crippen LogP contribution in [-0.2, 0) is 10.0 Å². The summed E-state index contributed by atoms with van der Waals surface area (Å²) in [4.78, 5) is 12.0. The van der Waals surface area contributed by atoms with E-state index in [1.165, 1.54) is 18.2 Å². The fourth-order valence-corrected chi connectivity index (χ4v) is 2.21. The number of carbonyl (C=O) groups excluding carboxylic acids is 1. The lowest BCUT2D eigenvalue weighted by molar-refractivity contribution is 0.0924. The van der Waals surface area contributed by atoms with E-state index in [9.17, 15) is 13.2 Å². The first-order valence-corrected chi connectivity index (χ1v) is 8.48. The van der Waals surface area contributed by atoms with Crippen LogP contribution in [0.4, 0.5) is 0 Å². The van der Waals surface area contributed by atoms with E-state index >= 15 is 0 Å². The summed E-state index contributed by atoms with van der Waals surface area (Å²) in [5.74, 6) is -0.0387. The van der Waals surface area contributed by atoms with Crippen LogP contribution in [0.3, 0.4) is 0 Å². The predicted octanol–water partition coefficient (Wildman–Crippen LogP) is 2.40. The smallest absolute Gasteiger partial charge is 0.252 e. The third kappa shape index (κ3) is 4.69. The second-order valence-corrected chi connectivity index (χ2v) is 7.98. The number of nitrogens with one attached hydrogen (secondary N) is 1. The highest BCUT2D eigenvalue weighted by molar-refractivity contribution is 7.89. The van der Waals surface area contributed by atoms with Crippen molar-refractivity contribution in [1.29, 1.82) is 0 Å². The first kappa shape index (κ1) is 17.9. The van der Waals surface area contributed by atoms with E-state index in [1.54, 1.807) is 0 Å². The standard InChI is InChI=1S/C14H21ClN2O3S/c1-9(2)14(3,4)8-17-13(18)11-7-10(21(16,19)20)5-6-12(11)15/h5-7,9H,8H2,1-4H3,(H,17,18)(H2,16,19,20). The molecule has 0 aliphatic carbocycles. The molecule has 0 unspecified atom stereocenters. The zero-order chi connectivity index (χ0) is 16.4. The molecule has 0 fully saturated rings. The van der Waals surface area contributed by atoms with Crippen LogP contribution in [0.1, 0.15) is 38.1 Å². The van der Waals surface area contributed by atoms with E-state index in [-0.39, 0.29) is 20.9 Å². The number of hydrogen-bond acceptors (Lipinski definition) is 3. The molecule has 0 aliphatic heterocycles. The Hall–Kier alpha value is -1.11. The molecular weight excluding hydrogens is 312 g/mol. The predicted molar refractivity (Wildman–Crippen MR) is 83.8 cm³/mol. The van der Waals surface area contributed by atoms with Gasteiger partial charge in [0.2, 0.25) is 10.0 Å². The highest BCUT2D eigenvalue weighted by Gasteiger charge is 2.24. The van der Waals surface area contributed by atoms with Crippen molar-refractivity contribution in [3.8, 4) is 0 Å². The lowest BCUT2D eigenvalue weighted by atomic mass is 9.81. The van der Waals surface area contributed by atoms with Crippen LogP contribution in [0.5, 0.6) is 0 Å². The van der Waals surface area contributed by atoms with E-state index in [4.69, 9.17) is 16.7 Å². The molecule has 0 bridgehead atoms. The van der Waals surface area contributed by atoms with Crippen molar-refractivity contribution in [2.24, 2.45) is 16.5 Å². The molecular formula is C14H21ClN2O3S. The maximum atomic E-state index is 12.2. The van der Waals surface area contributed by atoms with Crippen molar-refractivity contribution in [2.45, 2.75) is 32.6 Å². The van der Waals surface area contributed by atoms with Gasteiger partial charge in [-0.15, -0.1) is 0 Å². The van der Waals surface area contributed by atoms with Gasteiger partial charge in [0.05, 0.1) is 15.5 Å². The highest BCUT2D eigenvalue weighted by atomic mass is 35.5. The van der Waals surface area contributed by atoms with Gasteiger partial charge in [0.25, 0.3) is 5.91 Å². The Morgan fingerprint density at radius 2 is 1.95 bits per heavy atom. The van der Waals surface area contributed by atoms with Crippen molar-refractivity contribution in [1.82, 2.24) is 5.32 Å². The summed E-state index contributed by atoms with van der Waals surface area (Å²) < 4.78 is 22.7. The zero-order valence-electron chi connectivity index (χ0n) is 12.6. The first-order valence-electron chi connectivity index (χ1n) is 6.55. The molecule has 0 saturated heterocycles. The number of benzene rings is 1. The first-order chi connectivity index (χ1) is 9.45. The van der Waals surface area contributed by atoms with Crippen molar-refractivity contribution in [3.63, 3.8) is 0 Å². The van der Waals surface area contributed by atoms with Gasteiger partial charge >= 0.3 is 0 Å². The highest BCUT2D eigenvalue weighted by Crippen LogP contribution is 2.25. The van der Waals surface area contributed by atoms with Crippen LogP contribution >= 0.6 is 11.6 Å². The third-order valence-electron chi connectivity index (χ3n) is 3.78. The normalized spacial score (nSPS) is 12.5. The molecule has 0 saturated carbocycles. The molecule has 5 nitrogen and oxygen atoms in total. The van der Waals surface area contributed by atoms with Gasteiger partial charge < -0.3 is 5.32 Å². The average Bonchev–Trinajstić information content (AvgIpc) is 2.35. The molecule has 1 aromatic carbocycles. The Bertz CT molecular complexity index is 640. The maximum Gasteiger partial charge on any atom is 0.252 e. The second kappa shape index (κ2) is 6.34. The maximum absolute atomic E-state index is 12.2. The van der Waals surface area contributed by atoms with Crippen molar-refractivity contribution in [2.75, 3.05) is 6.54 Å². The summed E-state index contributed by atoms with van der Waals surface area (Å²) in [5.41, 5.74) is 0.0161. The Kier molecular flexibility index (Phi) is 5.41. The molecule has 1 amide bonds. The summed E-state index contributed by atoms with van der Waals surface area (Å²) in [6.07, 6.45) is 0. The van der Waals surface area contributed by atoms with E-state index in [0.29, 0.717) is 12.5 Å². The fourth-order valence-electron chi connectivity index (χ4n) is 1.46. The van der Waals surface area contributed by atoms with Crippen LogP contribution < -0.4 is 10.5 Å². The van der Waals surface area contributed by atoms with Gasteiger partial charge in [0, 0.05) is 6.54 Å². The number of hydrogen-bond donors (Lipinski definition) is 2. The van der Waals surface area contributed by atoms with E-state index < -0.39 is 15.9 Å². The summed E-state index contributed by atoms with van der Waals surface area (Å²) in [7, 11) is -3.87. The van der Waals surface area contributed by atoms with Gasteiger partial charge in [-0.2, -0.15) is 0 Å². The lowest BCUT2D eigenvalue weighted by Crippen LogP contribution is -2.37. The Labute approximate surface area is 130 Å². The van der Waals surface area contributed by atoms with Crippen molar-refractivity contribution >= 4 is 27.5 Å². The number of carbonyl (C=O) groups is 1. The minimum Gasteiger partial charge on any atom is -0.351 e. The Balaban J connectivity index is 2.98. The minimum absolute atomic E-state index is 0.0836. The number of nitrogens with two attached hydrogens (primary N) is 1. The van der Waals surface area contributed by atoms with Crippen LogP contribution in [0, 0.1) is 11.3 Å². The Morgan fingerprint density at radius 3 is 2.43 bits per heavy atom. The summed E-state index contributed by atoms with van der Waals surface area (Å²) in [5, 5.41) is 8.02. The molecule has 3 N–H and O–H groups in total. The molecule has 0 radical (unpaired) electrons. The monoisotopic (exact) mass is 332 g/mol. The number of primary sulfonamides is 1. The molecule has 0 aromatic heterocycles. The van der Waals surface area contributed by atoms with E-state index in [2.05, 4.69) is 19.2 Å². The molecule has 0 spiro atoms. The van der Waals surface area contributed by atoms with Crippen LogP contribution in [0.15, 0.2) is 23.1 Å². The molecule has 0 heterocycles. The summed E-state index contributed by atoms with van der Waals surface area (Å²) in [6.45, 7) is 8.68. The van der Waals surface area contributed by atoms with Crippen LogP contribution in [0.25, 0.3) is 0 Å². The van der Waals surface area contributed by atoms with Gasteiger partial charge in [0.15, 0.2) is 0 Å². The van der Waals surface area contributed by atoms with Gasteiger partial charge in [-0.05, 0) is 29.5 Å². The summed E-state index contributed by atoms with van der Waals surface area (Å²) in [6, 6.07) is 3.81. The Morgan fingerprint density at radius 1 is 1.38 bits per heavy atom. The topological polar surface area (TPSA) is 89.3 Å². The largest absolute Gasteiger partial charge is 0.351 e. The van der Waals surface area contributed by atoms with Gasteiger partial charge in [-0.1, -0.05) is 39.3 Å². The zero-order valence-corrected chi connectivity index (χ0v) is 14.2. The molecule has 7 heteroatoms. The van der Waals surface area contributed by atoms with Crippen molar-refractivity contribution < 1.29 is 13.2 Å². The second-order valence-electron chi connectivity index (χ2n) is 6.01. The van der Waals surface area contributed by atoms with Crippen LogP contribution in [-0.4, -0.2) is 20.9 Å². The lowest BCUT2D eigenvalue weighted by Gasteiger charge is -2.29. The molecule has 0 aliphatic rings. The summed E-state index contributed by atoms with van der Waals surface area (Å²) >= 11 is 5.96. The molecule has 21 heavy (non-hydrogen) atoms. The number of amides is 1. The molecule has 0 atom stereocenters. The third-order valence-corrected chi connectivity index (χ3v) is 5.02. The quantitative estimate of drug-likeness (QED) is 0.867. The van der Waals surface area contributed by atoms with Crippen molar-refractivity contribution in [3.05, 3.63) is 28.8 Å². The molecule has 118 valence electrons.